The molecule has 5 aliphatic rings. The van der Waals surface area contributed by atoms with Gasteiger partial charge in [0.25, 0.3) is 5.91 Å². The van der Waals surface area contributed by atoms with Crippen LogP contribution in [0.2, 0.25) is 0 Å². The molecule has 4 fully saturated rings. The Bertz CT molecular complexity index is 2940. The van der Waals surface area contributed by atoms with E-state index in [1.54, 1.807) is 50.6 Å². The number of aryl methyl sites for hydroxylation is 2. The minimum Gasteiger partial charge on any atom is -0.494 e. The molecule has 18 heteroatoms. The lowest BCUT2D eigenvalue weighted by Crippen LogP contribution is -2.52. The molecular weight excluding hydrogens is 975 g/mol. The smallest absolute Gasteiger partial charge is 0.255 e. The molecular formula is C52H61BrFN10O5P. The summed E-state index contributed by atoms with van der Waals surface area (Å²) in [6.45, 7) is 14.9. The van der Waals surface area contributed by atoms with Crippen molar-refractivity contribution in [2.45, 2.75) is 77.8 Å². The van der Waals surface area contributed by atoms with Crippen LogP contribution in [0.3, 0.4) is 0 Å². The molecule has 5 aromatic rings. The Morgan fingerprint density at radius 1 is 0.886 bits per heavy atom. The number of hydrogen-bond acceptors (Lipinski definition) is 13. The number of nitrogens with one attached hydrogen (secondary N) is 3. The molecule has 7 heterocycles. The Labute approximate surface area is 416 Å². The number of benzene rings is 3. The number of hydrogen-bond donors (Lipinski definition) is 3. The quantitative estimate of drug-likeness (QED) is 0.0852. The highest BCUT2D eigenvalue weighted by atomic mass is 79.9. The summed E-state index contributed by atoms with van der Waals surface area (Å²) in [5, 5.41) is 10.1. The SMILES string of the molecule is COc1cc(N2CCC3(CCN(CC4CCN(c5ccc6c(c5)CN(C5CCC(=O)NC5=O)C6=O)CC4)CC3)CC2)c(C)cc1Nc1ncc(Br)c(Nc2ccc3nc(C)c(F)cc3c2P(C)(C)=O)n1. The molecule has 2 aromatic heterocycles. The summed E-state index contributed by atoms with van der Waals surface area (Å²) in [7, 11) is -1.24. The molecule has 15 nitrogen and oxygen atoms in total. The molecule has 1 unspecified atom stereocenters. The molecule has 10 rings (SSSR count). The summed E-state index contributed by atoms with van der Waals surface area (Å²) in [5.41, 5.74) is 7.55. The normalized spacial score (nSPS) is 20.0. The highest BCUT2D eigenvalue weighted by Crippen LogP contribution is 2.45. The molecule has 368 valence electrons. The number of methoxy groups -OCH3 is 1. The van der Waals surface area contributed by atoms with Gasteiger partial charge in [0, 0.05) is 85.6 Å². The van der Waals surface area contributed by atoms with Gasteiger partial charge in [-0.1, -0.05) is 0 Å². The maximum Gasteiger partial charge on any atom is 0.255 e. The van der Waals surface area contributed by atoms with Crippen LogP contribution in [0.4, 0.5) is 38.9 Å². The Morgan fingerprint density at radius 3 is 2.34 bits per heavy atom. The fourth-order valence-electron chi connectivity index (χ4n) is 11.5. The van der Waals surface area contributed by atoms with Crippen molar-refractivity contribution >= 4 is 91.5 Å². The van der Waals surface area contributed by atoms with Gasteiger partial charge in [-0.15, -0.1) is 0 Å². The maximum absolute atomic E-state index is 14.7. The molecule has 0 aliphatic carbocycles. The van der Waals surface area contributed by atoms with Gasteiger partial charge in [-0.2, -0.15) is 4.98 Å². The minimum absolute atomic E-state index is 0.130. The third-order valence-electron chi connectivity index (χ3n) is 15.5. The van der Waals surface area contributed by atoms with E-state index in [9.17, 15) is 23.3 Å². The fraction of sp³-hybridized carbons (Fsp3) is 0.462. The van der Waals surface area contributed by atoms with Crippen LogP contribution in [-0.4, -0.2) is 115 Å². The molecule has 0 bridgehead atoms. The lowest BCUT2D eigenvalue weighted by molar-refractivity contribution is -0.136. The number of likely N-dealkylation sites (tertiary alicyclic amines) is 1. The lowest BCUT2D eigenvalue weighted by Gasteiger charge is -2.48. The Hall–Kier alpha value is -5.64. The molecule has 1 spiro atoms. The number of fused-ring (bicyclic) bond motifs is 2. The van der Waals surface area contributed by atoms with Crippen molar-refractivity contribution < 1.29 is 28.1 Å². The largest absolute Gasteiger partial charge is 0.494 e. The second kappa shape index (κ2) is 19.2. The Kier molecular flexibility index (Phi) is 13.2. The molecule has 3 N–H and O–H groups in total. The van der Waals surface area contributed by atoms with E-state index in [4.69, 9.17) is 9.72 Å². The average molecular weight is 1040 g/mol. The van der Waals surface area contributed by atoms with E-state index in [-0.39, 0.29) is 29.8 Å². The summed E-state index contributed by atoms with van der Waals surface area (Å²) in [6, 6.07) is 14.7. The van der Waals surface area contributed by atoms with Gasteiger partial charge in [0.2, 0.25) is 17.8 Å². The highest BCUT2D eigenvalue weighted by Gasteiger charge is 2.41. The first kappa shape index (κ1) is 48.0. The van der Waals surface area contributed by atoms with Crippen molar-refractivity contribution in [1.82, 2.24) is 30.1 Å². The van der Waals surface area contributed by atoms with Crippen LogP contribution in [0.25, 0.3) is 10.9 Å². The topological polar surface area (TPSA) is 165 Å². The molecule has 0 radical (unpaired) electrons. The van der Waals surface area contributed by atoms with Gasteiger partial charge in [0.05, 0.1) is 34.2 Å². The van der Waals surface area contributed by atoms with Crippen molar-refractivity contribution in [3.8, 4) is 5.75 Å². The number of rotatable bonds is 11. The predicted molar refractivity (Wildman–Crippen MR) is 277 cm³/mol. The van der Waals surface area contributed by atoms with Crippen LogP contribution < -0.4 is 35.8 Å². The van der Waals surface area contributed by atoms with Crippen LogP contribution in [0.5, 0.6) is 5.75 Å². The number of nitrogens with zero attached hydrogens (tertiary/aromatic N) is 7. The third kappa shape index (κ3) is 9.60. The number of piperidine rings is 4. The zero-order chi connectivity index (χ0) is 49.1. The zero-order valence-corrected chi connectivity index (χ0v) is 43.0. The van der Waals surface area contributed by atoms with E-state index in [0.717, 1.165) is 99.7 Å². The van der Waals surface area contributed by atoms with Gasteiger partial charge in [0.15, 0.2) is 0 Å². The third-order valence-corrected chi connectivity index (χ3v) is 17.6. The van der Waals surface area contributed by atoms with Crippen LogP contribution in [0.1, 0.15) is 78.5 Å². The van der Waals surface area contributed by atoms with Crippen LogP contribution in [0, 0.1) is 31.0 Å². The second-order valence-corrected chi connectivity index (χ2v) is 24.4. The number of halogens is 2. The highest BCUT2D eigenvalue weighted by molar-refractivity contribution is 9.10. The molecule has 3 aromatic carbocycles. The van der Waals surface area contributed by atoms with E-state index in [1.165, 1.54) is 18.9 Å². The summed E-state index contributed by atoms with van der Waals surface area (Å²) >= 11 is 3.58. The van der Waals surface area contributed by atoms with Gasteiger partial charge in [-0.25, -0.2) is 9.37 Å². The summed E-state index contributed by atoms with van der Waals surface area (Å²) in [6.07, 6.45) is 9.33. The fourth-order valence-corrected chi connectivity index (χ4v) is 13.2. The van der Waals surface area contributed by atoms with Crippen LogP contribution in [-0.2, 0) is 20.7 Å². The van der Waals surface area contributed by atoms with E-state index >= 15 is 0 Å². The molecule has 1 atom stereocenters. The average Bonchev–Trinajstić information content (AvgIpc) is 3.66. The molecule has 5 aliphatic heterocycles. The van der Waals surface area contributed by atoms with Gasteiger partial charge < -0.3 is 39.5 Å². The van der Waals surface area contributed by atoms with Crippen molar-refractivity contribution in [1.29, 1.82) is 0 Å². The number of pyridine rings is 1. The first-order valence-electron chi connectivity index (χ1n) is 24.5. The van der Waals surface area contributed by atoms with Crippen molar-refractivity contribution in [3.05, 3.63) is 87.4 Å². The standard InChI is InChI=1S/C52H61BrFN10O5P/c1-31-24-42(58-51-55-28-38(53)48(60-51)57-41-9-8-40-37(47(41)70(4,5)68)26-39(54)32(2)56-40)45(69-3)27-44(31)63-22-16-52(17-23-63)14-20-61(21-15-52)29-33-12-18-62(19-13-33)35-6-7-36-34(25-35)30-64(50(36)67)43-10-11-46(65)59-49(43)66/h6-9,24-28,33,43H,10-23,29-30H2,1-5H3,(H,59,65,66)(H2,55,57,58,60). The number of imide groups is 1. The number of carbonyl (C=O) groups excluding carboxylic acids is 3. The summed E-state index contributed by atoms with van der Waals surface area (Å²) < 4.78 is 34.9. The number of carbonyl (C=O) groups is 3. The number of amides is 3. The summed E-state index contributed by atoms with van der Waals surface area (Å²) in [4.78, 5) is 60.4. The number of anilines is 6. The van der Waals surface area contributed by atoms with Crippen molar-refractivity contribution in [2.75, 3.05) is 86.7 Å². The first-order chi connectivity index (χ1) is 33.5. The van der Waals surface area contributed by atoms with Gasteiger partial charge >= 0.3 is 0 Å². The van der Waals surface area contributed by atoms with Crippen LogP contribution >= 0.6 is 23.1 Å². The Morgan fingerprint density at radius 2 is 1.63 bits per heavy atom. The number of aromatic nitrogens is 3. The predicted octanol–water partition coefficient (Wildman–Crippen LogP) is 8.65. The van der Waals surface area contributed by atoms with Gasteiger partial charge in [0.1, 0.15) is 30.6 Å². The van der Waals surface area contributed by atoms with E-state index in [0.29, 0.717) is 73.7 Å². The van der Waals surface area contributed by atoms with Gasteiger partial charge in [-0.3, -0.25) is 24.7 Å². The van der Waals surface area contributed by atoms with Crippen molar-refractivity contribution in [3.63, 3.8) is 0 Å². The zero-order valence-electron chi connectivity index (χ0n) is 40.5. The van der Waals surface area contributed by atoms with E-state index in [1.807, 2.05) is 12.1 Å². The van der Waals surface area contributed by atoms with E-state index in [2.05, 4.69) is 81.7 Å². The lowest BCUT2D eigenvalue weighted by atomic mass is 9.71. The minimum atomic E-state index is -2.91. The monoisotopic (exact) mass is 1030 g/mol. The molecule has 70 heavy (non-hydrogen) atoms. The van der Waals surface area contributed by atoms with E-state index < -0.39 is 19.0 Å². The molecule has 0 saturated carbocycles. The number of ether oxygens (including phenoxy) is 1. The van der Waals surface area contributed by atoms with Crippen LogP contribution in [0.15, 0.2) is 59.2 Å². The summed E-state index contributed by atoms with van der Waals surface area (Å²) in [5.74, 6) is 0.897. The maximum atomic E-state index is 14.7. The first-order valence-corrected chi connectivity index (χ1v) is 27.8. The Balaban J connectivity index is 0.717. The van der Waals surface area contributed by atoms with Gasteiger partial charge in [-0.05, 0) is 166 Å². The molecule has 4 saturated heterocycles. The second-order valence-electron chi connectivity index (χ2n) is 20.4. The van der Waals surface area contributed by atoms with Crippen molar-refractivity contribution in [2.24, 2.45) is 11.3 Å². The molecule has 3 amide bonds.